The molecule has 0 fully saturated rings. The van der Waals surface area contributed by atoms with Gasteiger partial charge in [0.2, 0.25) is 0 Å². The van der Waals surface area contributed by atoms with Crippen LogP contribution in [0.3, 0.4) is 0 Å². The van der Waals surface area contributed by atoms with Gasteiger partial charge in [0.15, 0.2) is 0 Å². The third-order valence-electron chi connectivity index (χ3n) is 4.52. The second kappa shape index (κ2) is 6.18. The number of esters is 1. The molecule has 0 saturated carbocycles. The summed E-state index contributed by atoms with van der Waals surface area (Å²) in [6, 6.07) is 26.4. The van der Waals surface area contributed by atoms with Crippen molar-refractivity contribution < 1.29 is 9.53 Å². The van der Waals surface area contributed by atoms with Crippen LogP contribution in [0, 0.1) is 0 Å². The third-order valence-corrected chi connectivity index (χ3v) is 4.52. The average Bonchev–Trinajstić information content (AvgIpc) is 2.73. The molecule has 1 aromatic heterocycles. The van der Waals surface area contributed by atoms with Crippen molar-refractivity contribution in [3.05, 3.63) is 90.5 Å². The van der Waals surface area contributed by atoms with Gasteiger partial charge in [-0.05, 0) is 35.7 Å². The van der Waals surface area contributed by atoms with Gasteiger partial charge < -0.3 is 4.74 Å². The van der Waals surface area contributed by atoms with Crippen LogP contribution in [-0.4, -0.2) is 15.9 Å². The monoisotopic (exact) mass is 350 g/mol. The molecule has 0 amide bonds. The Morgan fingerprint density at radius 3 is 2.37 bits per heavy atom. The van der Waals surface area contributed by atoms with E-state index in [2.05, 4.69) is 6.07 Å². The second-order valence-corrected chi connectivity index (χ2v) is 6.28. The zero-order valence-electron chi connectivity index (χ0n) is 14.3. The molecule has 0 atom stereocenters. The minimum atomic E-state index is -0.394. The maximum Gasteiger partial charge on any atom is 0.343 e. The lowest BCUT2D eigenvalue weighted by Gasteiger charge is -2.07. The van der Waals surface area contributed by atoms with Crippen LogP contribution in [0.5, 0.6) is 5.75 Å². The fourth-order valence-corrected chi connectivity index (χ4v) is 3.19. The van der Waals surface area contributed by atoms with E-state index in [9.17, 15) is 4.79 Å². The Balaban J connectivity index is 1.61. The fourth-order valence-electron chi connectivity index (χ4n) is 3.19. The van der Waals surface area contributed by atoms with Crippen LogP contribution >= 0.6 is 0 Å². The molecule has 0 aliphatic carbocycles. The SMILES string of the molecule is O=C(Oc1ccc2nc3ccc4ccccc4c3nc2c1)c1ccccc1. The first-order valence-electron chi connectivity index (χ1n) is 8.64. The highest BCUT2D eigenvalue weighted by Gasteiger charge is 2.10. The standard InChI is InChI=1S/C23H14N2O2/c26-23(16-7-2-1-3-8-16)27-17-11-13-19-21(14-17)25-22-18-9-5-4-6-15(18)10-12-20(22)24-19/h1-14H. The van der Waals surface area contributed by atoms with Crippen LogP contribution in [0.1, 0.15) is 10.4 Å². The van der Waals surface area contributed by atoms with E-state index in [0.717, 1.165) is 27.3 Å². The van der Waals surface area contributed by atoms with Gasteiger partial charge in [0.05, 0.1) is 27.6 Å². The van der Waals surface area contributed by atoms with Crippen molar-refractivity contribution in [1.82, 2.24) is 9.97 Å². The molecule has 0 bridgehead atoms. The third kappa shape index (κ3) is 2.77. The number of fused-ring (bicyclic) bond motifs is 4. The molecule has 0 saturated heterocycles. The Labute approximate surface area is 155 Å². The van der Waals surface area contributed by atoms with Gasteiger partial charge in [-0.2, -0.15) is 0 Å². The second-order valence-electron chi connectivity index (χ2n) is 6.28. The molecule has 0 unspecified atom stereocenters. The number of nitrogens with zero attached hydrogens (tertiary/aromatic N) is 2. The average molecular weight is 350 g/mol. The fraction of sp³-hybridized carbons (Fsp3) is 0. The summed E-state index contributed by atoms with van der Waals surface area (Å²) in [6.07, 6.45) is 0. The molecule has 5 rings (SSSR count). The van der Waals surface area contributed by atoms with E-state index in [-0.39, 0.29) is 0 Å². The molecule has 0 N–H and O–H groups in total. The van der Waals surface area contributed by atoms with Gasteiger partial charge >= 0.3 is 5.97 Å². The molecule has 128 valence electrons. The molecule has 0 spiro atoms. The van der Waals surface area contributed by atoms with Crippen LogP contribution in [0.15, 0.2) is 84.9 Å². The van der Waals surface area contributed by atoms with Crippen molar-refractivity contribution in [3.8, 4) is 5.75 Å². The lowest BCUT2D eigenvalue weighted by molar-refractivity contribution is 0.0735. The Morgan fingerprint density at radius 1 is 0.704 bits per heavy atom. The first-order chi connectivity index (χ1) is 13.3. The van der Waals surface area contributed by atoms with E-state index in [4.69, 9.17) is 14.7 Å². The summed E-state index contributed by atoms with van der Waals surface area (Å²) in [4.78, 5) is 21.8. The number of hydrogen-bond donors (Lipinski definition) is 0. The zero-order valence-corrected chi connectivity index (χ0v) is 14.3. The van der Waals surface area contributed by atoms with E-state index >= 15 is 0 Å². The van der Waals surface area contributed by atoms with Crippen molar-refractivity contribution in [1.29, 1.82) is 0 Å². The van der Waals surface area contributed by atoms with Crippen molar-refractivity contribution >= 4 is 38.8 Å². The Hall–Kier alpha value is -3.79. The highest BCUT2D eigenvalue weighted by atomic mass is 16.5. The molecule has 1 heterocycles. The molecule has 4 aromatic carbocycles. The Kier molecular flexibility index (Phi) is 3.54. The molecule has 0 radical (unpaired) electrons. The van der Waals surface area contributed by atoms with E-state index in [1.165, 1.54) is 0 Å². The van der Waals surface area contributed by atoms with Gasteiger partial charge in [0.25, 0.3) is 0 Å². The summed E-state index contributed by atoms with van der Waals surface area (Å²) in [5.74, 6) is 0.0550. The number of hydrogen-bond acceptors (Lipinski definition) is 4. The molecule has 4 nitrogen and oxygen atoms in total. The largest absolute Gasteiger partial charge is 0.423 e. The molecular weight excluding hydrogens is 336 g/mol. The predicted molar refractivity (Wildman–Crippen MR) is 106 cm³/mol. The van der Waals surface area contributed by atoms with E-state index in [0.29, 0.717) is 16.8 Å². The lowest BCUT2D eigenvalue weighted by atomic mass is 10.1. The maximum atomic E-state index is 12.3. The Morgan fingerprint density at radius 2 is 1.48 bits per heavy atom. The van der Waals surface area contributed by atoms with Gasteiger partial charge in [-0.1, -0.05) is 48.5 Å². The number of carbonyl (C=O) groups excluding carboxylic acids is 1. The van der Waals surface area contributed by atoms with Crippen LogP contribution in [0.25, 0.3) is 32.8 Å². The van der Waals surface area contributed by atoms with Crippen LogP contribution in [0.4, 0.5) is 0 Å². The van der Waals surface area contributed by atoms with Gasteiger partial charge in [0.1, 0.15) is 5.75 Å². The Bertz CT molecular complexity index is 1310. The number of carbonyl (C=O) groups is 1. The summed E-state index contributed by atoms with van der Waals surface area (Å²) in [7, 11) is 0. The topological polar surface area (TPSA) is 52.1 Å². The van der Waals surface area contributed by atoms with Crippen molar-refractivity contribution in [2.24, 2.45) is 0 Å². The highest BCUT2D eigenvalue weighted by molar-refractivity contribution is 6.05. The summed E-state index contributed by atoms with van der Waals surface area (Å²) in [5, 5.41) is 2.17. The smallest absolute Gasteiger partial charge is 0.343 e. The molecule has 4 heteroatoms. The molecule has 5 aromatic rings. The van der Waals surface area contributed by atoms with Gasteiger partial charge in [-0.15, -0.1) is 0 Å². The number of benzene rings is 4. The quantitative estimate of drug-likeness (QED) is 0.191. The molecular formula is C23H14N2O2. The lowest BCUT2D eigenvalue weighted by Crippen LogP contribution is -2.08. The number of rotatable bonds is 2. The normalized spacial score (nSPS) is 11.1. The maximum absolute atomic E-state index is 12.3. The van der Waals surface area contributed by atoms with Gasteiger partial charge in [-0.25, -0.2) is 14.8 Å². The number of aromatic nitrogens is 2. The summed E-state index contributed by atoms with van der Waals surface area (Å²) >= 11 is 0. The van der Waals surface area contributed by atoms with Crippen molar-refractivity contribution in [3.63, 3.8) is 0 Å². The number of ether oxygens (including phenoxy) is 1. The minimum absolute atomic E-state index is 0.394. The first kappa shape index (κ1) is 15.5. The summed E-state index contributed by atoms with van der Waals surface area (Å²) in [6.45, 7) is 0. The molecule has 0 aliphatic rings. The van der Waals surface area contributed by atoms with Crippen LogP contribution < -0.4 is 4.74 Å². The van der Waals surface area contributed by atoms with Crippen molar-refractivity contribution in [2.45, 2.75) is 0 Å². The minimum Gasteiger partial charge on any atom is -0.423 e. The molecule has 27 heavy (non-hydrogen) atoms. The van der Waals surface area contributed by atoms with Crippen molar-refractivity contribution in [2.75, 3.05) is 0 Å². The first-order valence-corrected chi connectivity index (χ1v) is 8.64. The van der Waals surface area contributed by atoms with Gasteiger partial charge in [0, 0.05) is 11.5 Å². The predicted octanol–water partition coefficient (Wildman–Crippen LogP) is 5.16. The molecule has 0 aliphatic heterocycles. The van der Waals surface area contributed by atoms with E-state index < -0.39 is 5.97 Å². The zero-order chi connectivity index (χ0) is 18.2. The van der Waals surface area contributed by atoms with Gasteiger partial charge in [-0.3, -0.25) is 0 Å². The van der Waals surface area contributed by atoms with Crippen LogP contribution in [0.2, 0.25) is 0 Å². The highest BCUT2D eigenvalue weighted by Crippen LogP contribution is 2.26. The van der Waals surface area contributed by atoms with E-state index in [1.54, 1.807) is 36.4 Å². The summed E-state index contributed by atoms with van der Waals surface area (Å²) < 4.78 is 5.50. The van der Waals surface area contributed by atoms with Crippen LogP contribution in [-0.2, 0) is 0 Å². The van der Waals surface area contributed by atoms with E-state index in [1.807, 2.05) is 42.5 Å². The summed E-state index contributed by atoms with van der Waals surface area (Å²) in [5.41, 5.74) is 3.64.